The van der Waals surface area contributed by atoms with Crippen molar-refractivity contribution in [3.05, 3.63) is 60.2 Å². The van der Waals surface area contributed by atoms with Crippen molar-refractivity contribution < 1.29 is 14.3 Å². The number of halogens is 1. The SMILES string of the molecule is COc1ccc(N2C(=O)[C@@H]3CO[C@H](c4ccccc4)[C@@H](Br)[C@@H]32)cc1. The van der Waals surface area contributed by atoms with Gasteiger partial charge in [-0.3, -0.25) is 4.79 Å². The number of ether oxygens (including phenoxy) is 2. The second kappa shape index (κ2) is 6.22. The van der Waals surface area contributed by atoms with Gasteiger partial charge in [-0.05, 0) is 29.8 Å². The predicted octanol–water partition coefficient (Wildman–Crippen LogP) is 3.56. The number of anilines is 1. The molecule has 2 fully saturated rings. The third kappa shape index (κ3) is 2.43. The third-order valence-electron chi connectivity index (χ3n) is 4.81. The molecule has 0 radical (unpaired) electrons. The highest BCUT2D eigenvalue weighted by Crippen LogP contribution is 2.46. The van der Waals surface area contributed by atoms with Gasteiger partial charge >= 0.3 is 0 Å². The lowest BCUT2D eigenvalue weighted by molar-refractivity contribution is -0.141. The zero-order valence-corrected chi connectivity index (χ0v) is 14.8. The van der Waals surface area contributed by atoms with Gasteiger partial charge in [0.05, 0.1) is 36.6 Å². The molecule has 0 aromatic heterocycles. The number of hydrogen-bond donors (Lipinski definition) is 0. The summed E-state index contributed by atoms with van der Waals surface area (Å²) in [6.45, 7) is 0.470. The average Bonchev–Trinajstić information content (AvgIpc) is 2.63. The fourth-order valence-corrected chi connectivity index (χ4v) is 4.61. The molecule has 24 heavy (non-hydrogen) atoms. The Morgan fingerprint density at radius 2 is 1.83 bits per heavy atom. The van der Waals surface area contributed by atoms with Crippen molar-refractivity contribution in [1.29, 1.82) is 0 Å². The predicted molar refractivity (Wildman–Crippen MR) is 95.6 cm³/mol. The van der Waals surface area contributed by atoms with Crippen LogP contribution in [0.5, 0.6) is 5.75 Å². The van der Waals surface area contributed by atoms with Gasteiger partial charge in [-0.15, -0.1) is 0 Å². The number of carbonyl (C=O) groups excluding carboxylic acids is 1. The molecule has 4 nitrogen and oxygen atoms in total. The minimum Gasteiger partial charge on any atom is -0.497 e. The highest BCUT2D eigenvalue weighted by molar-refractivity contribution is 9.09. The summed E-state index contributed by atoms with van der Waals surface area (Å²) in [5, 5.41) is 0. The van der Waals surface area contributed by atoms with E-state index in [9.17, 15) is 4.79 Å². The van der Waals surface area contributed by atoms with Crippen LogP contribution in [0.4, 0.5) is 5.69 Å². The van der Waals surface area contributed by atoms with Crippen LogP contribution >= 0.6 is 15.9 Å². The van der Waals surface area contributed by atoms with Crippen molar-refractivity contribution >= 4 is 27.5 Å². The number of methoxy groups -OCH3 is 1. The first-order valence-electron chi connectivity index (χ1n) is 7.98. The number of hydrogen-bond acceptors (Lipinski definition) is 3. The second-order valence-electron chi connectivity index (χ2n) is 6.11. The molecule has 2 heterocycles. The van der Waals surface area contributed by atoms with Crippen LogP contribution < -0.4 is 9.64 Å². The van der Waals surface area contributed by atoms with E-state index in [4.69, 9.17) is 9.47 Å². The molecular weight excluding hydrogens is 370 g/mol. The van der Waals surface area contributed by atoms with E-state index in [1.54, 1.807) is 7.11 Å². The summed E-state index contributed by atoms with van der Waals surface area (Å²) in [5.74, 6) is 0.838. The molecular formula is C19H18BrNO3. The van der Waals surface area contributed by atoms with E-state index in [0.29, 0.717) is 6.61 Å². The molecule has 1 amide bonds. The minimum absolute atomic E-state index is 0.0541. The summed E-state index contributed by atoms with van der Waals surface area (Å²) in [4.78, 5) is 14.5. The fourth-order valence-electron chi connectivity index (χ4n) is 3.55. The van der Waals surface area contributed by atoms with Crippen molar-refractivity contribution in [2.24, 2.45) is 5.92 Å². The highest BCUT2D eigenvalue weighted by Gasteiger charge is 2.56. The molecule has 124 valence electrons. The molecule has 2 saturated heterocycles. The van der Waals surface area contributed by atoms with Crippen molar-refractivity contribution in [2.45, 2.75) is 17.0 Å². The zero-order chi connectivity index (χ0) is 16.7. The standard InChI is InChI=1S/C19H18BrNO3/c1-23-14-9-7-13(8-10-14)21-17-15(19(21)22)11-24-18(16(17)20)12-5-3-2-4-6-12/h2-10,15-18H,11H2,1H3/t15-,16+,17-,18-/m1/s1. The zero-order valence-electron chi connectivity index (χ0n) is 13.3. The Labute approximate surface area is 149 Å². The number of rotatable bonds is 3. The fraction of sp³-hybridized carbons (Fsp3) is 0.316. The number of alkyl halides is 1. The normalized spacial score (nSPS) is 28.9. The van der Waals surface area contributed by atoms with E-state index >= 15 is 0 Å². The number of β-lactam (4-membered cyclic amide) rings is 1. The molecule has 0 unspecified atom stereocenters. The van der Waals surface area contributed by atoms with E-state index in [-0.39, 0.29) is 28.8 Å². The Morgan fingerprint density at radius 1 is 1.12 bits per heavy atom. The smallest absolute Gasteiger partial charge is 0.234 e. The van der Waals surface area contributed by atoms with E-state index in [1.165, 1.54) is 0 Å². The van der Waals surface area contributed by atoms with Crippen LogP contribution in [0, 0.1) is 5.92 Å². The monoisotopic (exact) mass is 387 g/mol. The van der Waals surface area contributed by atoms with Crippen molar-refractivity contribution in [1.82, 2.24) is 0 Å². The summed E-state index contributed by atoms with van der Waals surface area (Å²) in [5.41, 5.74) is 2.03. The van der Waals surface area contributed by atoms with E-state index in [0.717, 1.165) is 17.0 Å². The van der Waals surface area contributed by atoms with Crippen LogP contribution in [0.15, 0.2) is 54.6 Å². The molecule has 2 aromatic rings. The lowest BCUT2D eigenvalue weighted by Gasteiger charge is -2.53. The molecule has 2 aliphatic rings. The number of benzene rings is 2. The number of nitrogens with zero attached hydrogens (tertiary/aromatic N) is 1. The van der Waals surface area contributed by atoms with Crippen LogP contribution in [-0.2, 0) is 9.53 Å². The molecule has 2 aromatic carbocycles. The molecule has 0 aliphatic carbocycles. The lowest BCUT2D eigenvalue weighted by Crippen LogP contribution is -2.69. The highest BCUT2D eigenvalue weighted by atomic mass is 79.9. The van der Waals surface area contributed by atoms with Crippen molar-refractivity contribution in [2.75, 3.05) is 18.6 Å². The summed E-state index contributed by atoms with van der Waals surface area (Å²) < 4.78 is 11.2. The first-order valence-corrected chi connectivity index (χ1v) is 8.90. The Morgan fingerprint density at radius 3 is 2.50 bits per heavy atom. The molecule has 0 bridgehead atoms. The van der Waals surface area contributed by atoms with E-state index < -0.39 is 0 Å². The van der Waals surface area contributed by atoms with Gasteiger partial charge < -0.3 is 14.4 Å². The average molecular weight is 388 g/mol. The Kier molecular flexibility index (Phi) is 4.06. The van der Waals surface area contributed by atoms with Crippen LogP contribution in [-0.4, -0.2) is 30.5 Å². The molecule has 0 spiro atoms. The molecule has 0 N–H and O–H groups in total. The summed E-state index contributed by atoms with van der Waals surface area (Å²) in [6.07, 6.45) is -0.0544. The Hall–Kier alpha value is -1.85. The summed E-state index contributed by atoms with van der Waals surface area (Å²) in [6, 6.07) is 17.9. The van der Waals surface area contributed by atoms with Crippen LogP contribution in [0.25, 0.3) is 0 Å². The van der Waals surface area contributed by atoms with Crippen LogP contribution in [0.3, 0.4) is 0 Å². The van der Waals surface area contributed by atoms with Gasteiger partial charge in [0, 0.05) is 5.69 Å². The lowest BCUT2D eigenvalue weighted by atomic mass is 9.80. The van der Waals surface area contributed by atoms with Gasteiger partial charge in [-0.1, -0.05) is 46.3 Å². The first-order chi connectivity index (χ1) is 11.7. The summed E-state index contributed by atoms with van der Waals surface area (Å²) in [7, 11) is 1.64. The van der Waals surface area contributed by atoms with E-state index in [2.05, 4.69) is 28.1 Å². The van der Waals surface area contributed by atoms with Gasteiger partial charge in [-0.25, -0.2) is 0 Å². The topological polar surface area (TPSA) is 38.8 Å². The largest absolute Gasteiger partial charge is 0.497 e. The van der Waals surface area contributed by atoms with Crippen molar-refractivity contribution in [3.8, 4) is 5.75 Å². The maximum absolute atomic E-state index is 12.5. The molecule has 4 rings (SSSR count). The number of amides is 1. The maximum Gasteiger partial charge on any atom is 0.234 e. The quantitative estimate of drug-likeness (QED) is 0.596. The Bertz CT molecular complexity index is 734. The van der Waals surface area contributed by atoms with Crippen LogP contribution in [0.1, 0.15) is 11.7 Å². The first kappa shape index (κ1) is 15.7. The second-order valence-corrected chi connectivity index (χ2v) is 7.17. The van der Waals surface area contributed by atoms with Gasteiger partial charge in [0.1, 0.15) is 5.75 Å². The van der Waals surface area contributed by atoms with Gasteiger partial charge in [0.15, 0.2) is 0 Å². The number of fused-ring (bicyclic) bond motifs is 1. The van der Waals surface area contributed by atoms with E-state index in [1.807, 2.05) is 47.4 Å². The van der Waals surface area contributed by atoms with Crippen molar-refractivity contribution in [3.63, 3.8) is 0 Å². The van der Waals surface area contributed by atoms with Gasteiger partial charge in [-0.2, -0.15) is 0 Å². The summed E-state index contributed by atoms with van der Waals surface area (Å²) >= 11 is 3.80. The molecule has 5 heteroatoms. The minimum atomic E-state index is -0.0727. The Balaban J connectivity index is 1.60. The molecule has 2 aliphatic heterocycles. The van der Waals surface area contributed by atoms with Gasteiger partial charge in [0.2, 0.25) is 5.91 Å². The van der Waals surface area contributed by atoms with Crippen LogP contribution in [0.2, 0.25) is 0 Å². The molecule has 0 saturated carbocycles. The van der Waals surface area contributed by atoms with Gasteiger partial charge in [0.25, 0.3) is 0 Å². The maximum atomic E-state index is 12.5. The molecule has 4 atom stereocenters. The number of carbonyl (C=O) groups is 1. The third-order valence-corrected chi connectivity index (χ3v) is 5.84.